The summed E-state index contributed by atoms with van der Waals surface area (Å²) >= 11 is 0. The quantitative estimate of drug-likeness (QED) is 0.745. The number of rotatable bonds is 2. The van der Waals surface area contributed by atoms with E-state index in [1.54, 1.807) is 6.20 Å². The third-order valence-corrected chi connectivity index (χ3v) is 2.24. The van der Waals surface area contributed by atoms with Crippen molar-refractivity contribution in [1.82, 2.24) is 4.98 Å². The average Bonchev–Trinajstić information content (AvgIpc) is 2.27. The lowest BCUT2D eigenvalue weighted by atomic mass is 10.1. The van der Waals surface area contributed by atoms with E-state index in [4.69, 9.17) is 10.8 Å². The van der Waals surface area contributed by atoms with Crippen LogP contribution in [-0.4, -0.2) is 16.7 Å². The Balaban J connectivity index is 2.51. The molecular formula is C11H12N2O. The fourth-order valence-corrected chi connectivity index (χ4v) is 1.40. The first kappa shape index (κ1) is 9.12. The number of nitrogens with two attached hydrogens (primary N) is 1. The molecule has 2 aromatic rings. The number of benzene rings is 1. The van der Waals surface area contributed by atoms with Gasteiger partial charge in [0.1, 0.15) is 0 Å². The molecule has 1 atom stereocenters. The molecule has 1 aromatic carbocycles. The van der Waals surface area contributed by atoms with E-state index >= 15 is 0 Å². The zero-order valence-corrected chi connectivity index (χ0v) is 7.72. The highest BCUT2D eigenvalue weighted by Gasteiger charge is 2.04. The number of pyridine rings is 1. The van der Waals surface area contributed by atoms with Gasteiger partial charge in [-0.2, -0.15) is 0 Å². The Hall–Kier alpha value is -1.45. The van der Waals surface area contributed by atoms with Gasteiger partial charge in [-0.05, 0) is 17.7 Å². The topological polar surface area (TPSA) is 59.1 Å². The Morgan fingerprint density at radius 3 is 2.93 bits per heavy atom. The highest BCUT2D eigenvalue weighted by Crippen LogP contribution is 2.16. The second kappa shape index (κ2) is 3.74. The lowest BCUT2D eigenvalue weighted by molar-refractivity contribution is 0.268. The first-order chi connectivity index (χ1) is 6.81. The molecule has 14 heavy (non-hydrogen) atoms. The van der Waals surface area contributed by atoms with Crippen LogP contribution in [0.3, 0.4) is 0 Å². The van der Waals surface area contributed by atoms with E-state index in [2.05, 4.69) is 4.98 Å². The van der Waals surface area contributed by atoms with Crippen molar-refractivity contribution in [3.05, 3.63) is 42.1 Å². The zero-order valence-electron chi connectivity index (χ0n) is 7.72. The van der Waals surface area contributed by atoms with Crippen LogP contribution in [0.15, 0.2) is 36.5 Å². The third kappa shape index (κ3) is 1.60. The van der Waals surface area contributed by atoms with Gasteiger partial charge in [-0.1, -0.05) is 18.2 Å². The van der Waals surface area contributed by atoms with Crippen LogP contribution < -0.4 is 5.73 Å². The van der Waals surface area contributed by atoms with E-state index in [0.29, 0.717) is 0 Å². The van der Waals surface area contributed by atoms with Crippen molar-refractivity contribution in [2.24, 2.45) is 5.73 Å². The lowest BCUT2D eigenvalue weighted by Crippen LogP contribution is -2.14. The van der Waals surface area contributed by atoms with E-state index in [1.165, 1.54) is 0 Å². The SMILES string of the molecule is NC(CO)c1cnc2ccccc2c1. The molecule has 3 N–H and O–H groups in total. The average molecular weight is 188 g/mol. The van der Waals surface area contributed by atoms with Crippen LogP contribution >= 0.6 is 0 Å². The van der Waals surface area contributed by atoms with Crippen molar-refractivity contribution >= 4 is 10.9 Å². The van der Waals surface area contributed by atoms with Crippen LogP contribution in [0.25, 0.3) is 10.9 Å². The highest BCUT2D eigenvalue weighted by molar-refractivity contribution is 5.78. The maximum Gasteiger partial charge on any atom is 0.0702 e. The molecular weight excluding hydrogens is 176 g/mol. The second-order valence-corrected chi connectivity index (χ2v) is 3.25. The number of aliphatic hydroxyl groups is 1. The molecule has 1 aromatic heterocycles. The molecule has 0 spiro atoms. The van der Waals surface area contributed by atoms with Crippen molar-refractivity contribution in [3.8, 4) is 0 Å². The summed E-state index contributed by atoms with van der Waals surface area (Å²) < 4.78 is 0. The number of para-hydroxylation sites is 1. The van der Waals surface area contributed by atoms with E-state index in [-0.39, 0.29) is 12.6 Å². The second-order valence-electron chi connectivity index (χ2n) is 3.25. The van der Waals surface area contributed by atoms with Crippen LogP contribution in [0.5, 0.6) is 0 Å². The number of aromatic nitrogens is 1. The van der Waals surface area contributed by atoms with Crippen LogP contribution in [-0.2, 0) is 0 Å². The maximum absolute atomic E-state index is 8.91. The number of hydrogen-bond donors (Lipinski definition) is 2. The fourth-order valence-electron chi connectivity index (χ4n) is 1.40. The van der Waals surface area contributed by atoms with Crippen molar-refractivity contribution in [3.63, 3.8) is 0 Å². The molecule has 3 heteroatoms. The minimum Gasteiger partial charge on any atom is -0.394 e. The van der Waals surface area contributed by atoms with Gasteiger partial charge in [-0.25, -0.2) is 0 Å². The Labute approximate surface area is 82.2 Å². The molecule has 3 nitrogen and oxygen atoms in total. The predicted octanol–water partition coefficient (Wildman–Crippen LogP) is 1.23. The molecule has 2 rings (SSSR count). The molecule has 1 heterocycles. The molecule has 0 aliphatic rings. The third-order valence-electron chi connectivity index (χ3n) is 2.24. The van der Waals surface area contributed by atoms with Gasteiger partial charge in [0, 0.05) is 11.6 Å². The van der Waals surface area contributed by atoms with Crippen molar-refractivity contribution in [1.29, 1.82) is 0 Å². The highest BCUT2D eigenvalue weighted by atomic mass is 16.3. The molecule has 0 bridgehead atoms. The van der Waals surface area contributed by atoms with Gasteiger partial charge < -0.3 is 10.8 Å². The Kier molecular flexibility index (Phi) is 2.43. The molecule has 0 radical (unpaired) electrons. The number of fused-ring (bicyclic) bond motifs is 1. The Bertz CT molecular complexity index is 442. The van der Waals surface area contributed by atoms with Crippen molar-refractivity contribution in [2.45, 2.75) is 6.04 Å². The van der Waals surface area contributed by atoms with E-state index in [0.717, 1.165) is 16.5 Å². The molecule has 72 valence electrons. The van der Waals surface area contributed by atoms with Gasteiger partial charge in [-0.15, -0.1) is 0 Å². The largest absolute Gasteiger partial charge is 0.394 e. The molecule has 0 fully saturated rings. The summed E-state index contributed by atoms with van der Waals surface area (Å²) in [6, 6.07) is 9.45. The van der Waals surface area contributed by atoms with Crippen LogP contribution in [0, 0.1) is 0 Å². The van der Waals surface area contributed by atoms with Crippen LogP contribution in [0.1, 0.15) is 11.6 Å². The minimum atomic E-state index is -0.341. The van der Waals surface area contributed by atoms with Gasteiger partial charge in [0.2, 0.25) is 0 Å². The Morgan fingerprint density at radius 2 is 2.14 bits per heavy atom. The lowest BCUT2D eigenvalue weighted by Gasteiger charge is -2.08. The zero-order chi connectivity index (χ0) is 9.97. The van der Waals surface area contributed by atoms with Gasteiger partial charge in [0.25, 0.3) is 0 Å². The molecule has 0 aliphatic carbocycles. The van der Waals surface area contributed by atoms with E-state index < -0.39 is 0 Å². The predicted molar refractivity (Wildman–Crippen MR) is 55.8 cm³/mol. The minimum absolute atomic E-state index is 0.0555. The number of nitrogens with zero attached hydrogens (tertiary/aromatic N) is 1. The summed E-state index contributed by atoms with van der Waals surface area (Å²) in [7, 11) is 0. The fraction of sp³-hybridized carbons (Fsp3) is 0.182. The maximum atomic E-state index is 8.91. The van der Waals surface area contributed by atoms with E-state index in [1.807, 2.05) is 30.3 Å². The molecule has 0 aliphatic heterocycles. The van der Waals surface area contributed by atoms with Crippen molar-refractivity contribution < 1.29 is 5.11 Å². The van der Waals surface area contributed by atoms with Gasteiger partial charge >= 0.3 is 0 Å². The summed E-state index contributed by atoms with van der Waals surface area (Å²) in [6.07, 6.45) is 1.71. The van der Waals surface area contributed by atoms with E-state index in [9.17, 15) is 0 Å². The van der Waals surface area contributed by atoms with Crippen LogP contribution in [0.2, 0.25) is 0 Å². The van der Waals surface area contributed by atoms with Crippen molar-refractivity contribution in [2.75, 3.05) is 6.61 Å². The molecule has 0 amide bonds. The van der Waals surface area contributed by atoms with Gasteiger partial charge in [0.05, 0.1) is 18.2 Å². The first-order valence-corrected chi connectivity index (χ1v) is 4.52. The summed E-state index contributed by atoms with van der Waals surface area (Å²) in [5, 5.41) is 9.96. The monoisotopic (exact) mass is 188 g/mol. The van der Waals surface area contributed by atoms with Crippen LogP contribution in [0.4, 0.5) is 0 Å². The Morgan fingerprint density at radius 1 is 1.36 bits per heavy atom. The summed E-state index contributed by atoms with van der Waals surface area (Å²) in [4.78, 5) is 4.26. The molecule has 0 saturated heterocycles. The summed E-state index contributed by atoms with van der Waals surface area (Å²) in [6.45, 7) is -0.0555. The summed E-state index contributed by atoms with van der Waals surface area (Å²) in [5.74, 6) is 0. The standard InChI is InChI=1S/C11H12N2O/c12-10(7-14)9-5-8-3-1-2-4-11(8)13-6-9/h1-6,10,14H,7,12H2. The number of aliphatic hydroxyl groups excluding tert-OH is 1. The molecule has 0 saturated carbocycles. The normalized spacial score (nSPS) is 13.0. The number of hydrogen-bond acceptors (Lipinski definition) is 3. The first-order valence-electron chi connectivity index (χ1n) is 4.52. The van der Waals surface area contributed by atoms with Gasteiger partial charge in [0.15, 0.2) is 0 Å². The smallest absolute Gasteiger partial charge is 0.0702 e. The van der Waals surface area contributed by atoms with Gasteiger partial charge in [-0.3, -0.25) is 4.98 Å². The molecule has 1 unspecified atom stereocenters. The summed E-state index contributed by atoms with van der Waals surface area (Å²) in [5.41, 5.74) is 7.51.